The number of amides is 2. The summed E-state index contributed by atoms with van der Waals surface area (Å²) in [4.78, 5) is 25.5. The van der Waals surface area contributed by atoms with Crippen LogP contribution in [0.2, 0.25) is 0 Å². The SMILES string of the molecule is C#CCCCC(=O)NCCCCCC(=O)N1C[C@H](O)C[C@H]1COC. The van der Waals surface area contributed by atoms with Gasteiger partial charge in [0.05, 0.1) is 18.8 Å². The summed E-state index contributed by atoms with van der Waals surface area (Å²) in [5.74, 6) is 2.63. The molecule has 2 atom stereocenters. The average molecular weight is 338 g/mol. The number of carbonyl (C=O) groups excluding carboxylic acids is 2. The number of hydrogen-bond acceptors (Lipinski definition) is 4. The number of carbonyl (C=O) groups is 2. The second kappa shape index (κ2) is 11.9. The number of terminal acetylenes is 1. The summed E-state index contributed by atoms with van der Waals surface area (Å²) in [6, 6.07) is -0.0141. The van der Waals surface area contributed by atoms with E-state index in [1.807, 2.05) is 0 Å². The molecular formula is C18H30N2O4. The first-order chi connectivity index (χ1) is 11.6. The molecule has 0 aromatic carbocycles. The molecule has 1 fully saturated rings. The van der Waals surface area contributed by atoms with E-state index >= 15 is 0 Å². The maximum atomic E-state index is 12.2. The molecule has 2 N–H and O–H groups in total. The highest BCUT2D eigenvalue weighted by Crippen LogP contribution is 2.20. The van der Waals surface area contributed by atoms with Crippen LogP contribution >= 0.6 is 0 Å². The Labute approximate surface area is 144 Å². The van der Waals surface area contributed by atoms with Gasteiger partial charge in [0, 0.05) is 39.5 Å². The molecule has 0 aromatic rings. The van der Waals surface area contributed by atoms with Gasteiger partial charge in [0.2, 0.25) is 11.8 Å². The summed E-state index contributed by atoms with van der Waals surface area (Å²) >= 11 is 0. The molecule has 24 heavy (non-hydrogen) atoms. The molecule has 0 saturated carbocycles. The summed E-state index contributed by atoms with van der Waals surface area (Å²) in [7, 11) is 1.61. The normalized spacial score (nSPS) is 20.0. The van der Waals surface area contributed by atoms with E-state index in [0.29, 0.717) is 45.4 Å². The van der Waals surface area contributed by atoms with Gasteiger partial charge in [-0.15, -0.1) is 12.3 Å². The Morgan fingerprint density at radius 3 is 2.79 bits per heavy atom. The van der Waals surface area contributed by atoms with Crippen LogP contribution in [0, 0.1) is 12.3 Å². The van der Waals surface area contributed by atoms with Gasteiger partial charge in [-0.3, -0.25) is 9.59 Å². The summed E-state index contributed by atoms with van der Waals surface area (Å²) in [6.45, 7) is 1.51. The van der Waals surface area contributed by atoms with Gasteiger partial charge >= 0.3 is 0 Å². The third kappa shape index (κ3) is 7.80. The third-order valence-corrected chi connectivity index (χ3v) is 4.19. The van der Waals surface area contributed by atoms with E-state index in [0.717, 1.165) is 25.7 Å². The Kier molecular flexibility index (Phi) is 10.1. The molecule has 0 unspecified atom stereocenters. The number of hydrogen-bond donors (Lipinski definition) is 2. The van der Waals surface area contributed by atoms with Crippen molar-refractivity contribution in [1.29, 1.82) is 0 Å². The molecule has 1 heterocycles. The lowest BCUT2D eigenvalue weighted by Gasteiger charge is -2.23. The Morgan fingerprint density at radius 1 is 1.29 bits per heavy atom. The molecule has 1 rings (SSSR count). The molecule has 6 nitrogen and oxygen atoms in total. The van der Waals surface area contributed by atoms with Crippen LogP contribution in [0.25, 0.3) is 0 Å². The molecule has 6 heteroatoms. The quantitative estimate of drug-likeness (QED) is 0.436. The van der Waals surface area contributed by atoms with Crippen molar-refractivity contribution in [1.82, 2.24) is 10.2 Å². The Morgan fingerprint density at radius 2 is 2.08 bits per heavy atom. The lowest BCUT2D eigenvalue weighted by atomic mass is 10.1. The van der Waals surface area contributed by atoms with Crippen LogP contribution < -0.4 is 5.32 Å². The van der Waals surface area contributed by atoms with E-state index in [1.54, 1.807) is 12.0 Å². The van der Waals surface area contributed by atoms with Gasteiger partial charge in [0.15, 0.2) is 0 Å². The molecule has 0 aromatic heterocycles. The second-order valence-electron chi connectivity index (χ2n) is 6.26. The predicted octanol–water partition coefficient (Wildman–Crippen LogP) is 1.07. The fraction of sp³-hybridized carbons (Fsp3) is 0.778. The minimum absolute atomic E-state index is 0.0141. The van der Waals surface area contributed by atoms with Crippen LogP contribution in [0.1, 0.15) is 51.4 Å². The van der Waals surface area contributed by atoms with Gasteiger partial charge in [-0.2, -0.15) is 0 Å². The van der Waals surface area contributed by atoms with Crippen LogP contribution in [0.5, 0.6) is 0 Å². The fourth-order valence-corrected chi connectivity index (χ4v) is 2.94. The Hall–Kier alpha value is -1.58. The van der Waals surface area contributed by atoms with Crippen molar-refractivity contribution in [2.75, 3.05) is 26.8 Å². The van der Waals surface area contributed by atoms with E-state index in [-0.39, 0.29) is 17.9 Å². The van der Waals surface area contributed by atoms with Crippen LogP contribution in [-0.4, -0.2) is 60.8 Å². The number of aliphatic hydroxyl groups is 1. The van der Waals surface area contributed by atoms with Crippen LogP contribution in [0.3, 0.4) is 0 Å². The molecule has 1 saturated heterocycles. The zero-order chi connectivity index (χ0) is 17.8. The highest BCUT2D eigenvalue weighted by Gasteiger charge is 2.33. The highest BCUT2D eigenvalue weighted by molar-refractivity contribution is 5.77. The number of likely N-dealkylation sites (tertiary alicyclic amines) is 1. The summed E-state index contributed by atoms with van der Waals surface area (Å²) in [6.07, 6.45) is 10.1. The first-order valence-electron chi connectivity index (χ1n) is 8.75. The van der Waals surface area contributed by atoms with Gasteiger partial charge in [-0.1, -0.05) is 6.42 Å². The zero-order valence-corrected chi connectivity index (χ0v) is 14.6. The summed E-state index contributed by atoms with van der Waals surface area (Å²) in [5.41, 5.74) is 0. The van der Waals surface area contributed by atoms with Gasteiger partial charge in [0.1, 0.15) is 0 Å². The number of methoxy groups -OCH3 is 1. The van der Waals surface area contributed by atoms with E-state index < -0.39 is 6.10 Å². The maximum Gasteiger partial charge on any atom is 0.222 e. The second-order valence-corrected chi connectivity index (χ2v) is 6.26. The van der Waals surface area contributed by atoms with E-state index in [2.05, 4.69) is 11.2 Å². The van der Waals surface area contributed by atoms with Crippen LogP contribution in [0.4, 0.5) is 0 Å². The molecule has 0 radical (unpaired) electrons. The molecule has 1 aliphatic heterocycles. The number of β-amino-alcohol motifs (C(OH)–C–C–N with tert-alkyl or cyclic N) is 1. The highest BCUT2D eigenvalue weighted by atomic mass is 16.5. The Bertz CT molecular complexity index is 433. The largest absolute Gasteiger partial charge is 0.391 e. The summed E-state index contributed by atoms with van der Waals surface area (Å²) in [5, 5.41) is 12.6. The van der Waals surface area contributed by atoms with E-state index in [4.69, 9.17) is 11.2 Å². The smallest absolute Gasteiger partial charge is 0.222 e. The minimum atomic E-state index is -0.446. The van der Waals surface area contributed by atoms with Crippen molar-refractivity contribution in [2.45, 2.75) is 63.5 Å². The number of aliphatic hydroxyl groups excluding tert-OH is 1. The van der Waals surface area contributed by atoms with Crippen molar-refractivity contribution < 1.29 is 19.4 Å². The lowest BCUT2D eigenvalue weighted by molar-refractivity contribution is -0.133. The first kappa shape index (κ1) is 20.5. The molecule has 1 aliphatic rings. The van der Waals surface area contributed by atoms with Crippen molar-refractivity contribution in [3.05, 3.63) is 0 Å². The number of nitrogens with zero attached hydrogens (tertiary/aromatic N) is 1. The van der Waals surface area contributed by atoms with Crippen molar-refractivity contribution in [3.8, 4) is 12.3 Å². The standard InChI is InChI=1S/C18H30N2O4/c1-3-4-6-9-17(22)19-11-8-5-7-10-18(23)20-13-16(21)12-15(20)14-24-2/h1,15-16,21H,4-14H2,2H3,(H,19,22)/t15-,16+/m0/s1. The third-order valence-electron chi connectivity index (χ3n) is 4.19. The molecule has 2 amide bonds. The van der Waals surface area contributed by atoms with Gasteiger partial charge in [0.25, 0.3) is 0 Å². The summed E-state index contributed by atoms with van der Waals surface area (Å²) < 4.78 is 5.11. The molecule has 0 aliphatic carbocycles. The molecule has 136 valence electrons. The van der Waals surface area contributed by atoms with Gasteiger partial charge < -0.3 is 20.1 Å². The monoisotopic (exact) mass is 338 g/mol. The first-order valence-corrected chi connectivity index (χ1v) is 8.75. The number of ether oxygens (including phenoxy) is 1. The van der Waals surface area contributed by atoms with E-state index in [9.17, 15) is 14.7 Å². The number of nitrogens with one attached hydrogen (secondary N) is 1. The maximum absolute atomic E-state index is 12.2. The number of unbranched alkanes of at least 4 members (excludes halogenated alkanes) is 3. The van der Waals surface area contributed by atoms with Gasteiger partial charge in [-0.25, -0.2) is 0 Å². The average Bonchev–Trinajstić information content (AvgIpc) is 2.92. The molecule has 0 spiro atoms. The zero-order valence-electron chi connectivity index (χ0n) is 14.6. The topological polar surface area (TPSA) is 78.9 Å². The number of rotatable bonds is 11. The van der Waals surface area contributed by atoms with Crippen LogP contribution in [-0.2, 0) is 14.3 Å². The van der Waals surface area contributed by atoms with Crippen LogP contribution in [0.15, 0.2) is 0 Å². The van der Waals surface area contributed by atoms with E-state index in [1.165, 1.54) is 0 Å². The molecule has 0 bridgehead atoms. The lowest BCUT2D eigenvalue weighted by Crippen LogP contribution is -2.38. The van der Waals surface area contributed by atoms with Crippen molar-refractivity contribution in [3.63, 3.8) is 0 Å². The molecular weight excluding hydrogens is 308 g/mol. The predicted molar refractivity (Wildman–Crippen MR) is 92.2 cm³/mol. The van der Waals surface area contributed by atoms with Crippen molar-refractivity contribution in [2.24, 2.45) is 0 Å². The van der Waals surface area contributed by atoms with Gasteiger partial charge in [-0.05, 0) is 25.7 Å². The minimum Gasteiger partial charge on any atom is -0.391 e. The van der Waals surface area contributed by atoms with Crippen molar-refractivity contribution >= 4 is 11.8 Å². The fourth-order valence-electron chi connectivity index (χ4n) is 2.94. The Balaban J connectivity index is 2.09.